The van der Waals surface area contributed by atoms with E-state index in [1.54, 1.807) is 6.20 Å². The molecular formula is C20H30N4O. The molecule has 1 aromatic heterocycles. The van der Waals surface area contributed by atoms with Gasteiger partial charge >= 0.3 is 0 Å². The molecule has 1 aromatic carbocycles. The fourth-order valence-electron chi connectivity index (χ4n) is 3.19. The van der Waals surface area contributed by atoms with Crippen molar-refractivity contribution in [3.63, 3.8) is 0 Å². The van der Waals surface area contributed by atoms with Crippen LogP contribution in [0.5, 0.6) is 0 Å². The van der Waals surface area contributed by atoms with E-state index in [2.05, 4.69) is 48.2 Å². The van der Waals surface area contributed by atoms with Crippen molar-refractivity contribution in [1.29, 1.82) is 0 Å². The first kappa shape index (κ1) is 19.2. The van der Waals surface area contributed by atoms with Gasteiger partial charge in [-0.2, -0.15) is 5.10 Å². The molecule has 1 N–H and O–H groups in total. The maximum absolute atomic E-state index is 12.6. The van der Waals surface area contributed by atoms with Crippen LogP contribution in [-0.2, 0) is 13.0 Å². The average molecular weight is 342 g/mol. The minimum atomic E-state index is -0.0389. The van der Waals surface area contributed by atoms with Gasteiger partial charge in [0.1, 0.15) is 0 Å². The lowest BCUT2D eigenvalue weighted by Gasteiger charge is -2.28. The zero-order chi connectivity index (χ0) is 18.4. The van der Waals surface area contributed by atoms with Crippen LogP contribution in [0, 0.1) is 5.41 Å². The molecule has 0 aliphatic rings. The summed E-state index contributed by atoms with van der Waals surface area (Å²) >= 11 is 0. The summed E-state index contributed by atoms with van der Waals surface area (Å²) in [4.78, 5) is 14.8. The quantitative estimate of drug-likeness (QED) is 0.802. The van der Waals surface area contributed by atoms with Crippen LogP contribution in [0.3, 0.4) is 0 Å². The van der Waals surface area contributed by atoms with Gasteiger partial charge in [0.05, 0.1) is 24.0 Å². The molecule has 1 amide bonds. The number of benzene rings is 1. The highest BCUT2D eigenvalue weighted by atomic mass is 16.1. The SMILES string of the molecule is CCc1c(C(=O)NCC(C)(C)CN(C)C)cnn1Cc1ccccc1. The van der Waals surface area contributed by atoms with Gasteiger partial charge in [-0.3, -0.25) is 9.48 Å². The van der Waals surface area contributed by atoms with Gasteiger partial charge in [0.15, 0.2) is 0 Å². The first-order chi connectivity index (χ1) is 11.8. The molecule has 5 heteroatoms. The second kappa shape index (κ2) is 8.30. The third-order valence-electron chi connectivity index (χ3n) is 4.18. The molecule has 0 radical (unpaired) electrons. The second-order valence-corrected chi connectivity index (χ2v) is 7.59. The smallest absolute Gasteiger partial charge is 0.254 e. The van der Waals surface area contributed by atoms with Crippen LogP contribution in [0.25, 0.3) is 0 Å². The topological polar surface area (TPSA) is 50.2 Å². The predicted molar refractivity (Wildman–Crippen MR) is 102 cm³/mol. The van der Waals surface area contributed by atoms with Crippen molar-refractivity contribution in [2.75, 3.05) is 27.2 Å². The molecule has 25 heavy (non-hydrogen) atoms. The average Bonchev–Trinajstić information content (AvgIpc) is 2.95. The first-order valence-electron chi connectivity index (χ1n) is 8.84. The van der Waals surface area contributed by atoms with E-state index in [1.807, 2.05) is 37.0 Å². The highest BCUT2D eigenvalue weighted by molar-refractivity contribution is 5.95. The lowest BCUT2D eigenvalue weighted by atomic mass is 9.93. The molecule has 0 aliphatic carbocycles. The molecule has 0 spiro atoms. The maximum atomic E-state index is 12.6. The number of amides is 1. The van der Waals surface area contributed by atoms with Gasteiger partial charge in [-0.05, 0) is 31.5 Å². The number of carbonyl (C=O) groups excluding carboxylic acids is 1. The van der Waals surface area contributed by atoms with E-state index < -0.39 is 0 Å². The Labute approximate surface area is 151 Å². The Morgan fingerprint density at radius 2 is 1.92 bits per heavy atom. The van der Waals surface area contributed by atoms with Crippen molar-refractivity contribution in [3.05, 3.63) is 53.3 Å². The minimum Gasteiger partial charge on any atom is -0.351 e. The normalized spacial score (nSPS) is 11.8. The first-order valence-corrected chi connectivity index (χ1v) is 8.84. The Balaban J connectivity index is 2.07. The summed E-state index contributed by atoms with van der Waals surface area (Å²) in [6, 6.07) is 10.2. The molecule has 0 saturated heterocycles. The van der Waals surface area contributed by atoms with Crippen molar-refractivity contribution >= 4 is 5.91 Å². The molecule has 0 atom stereocenters. The number of carbonyl (C=O) groups is 1. The summed E-state index contributed by atoms with van der Waals surface area (Å²) in [6.07, 6.45) is 2.47. The van der Waals surface area contributed by atoms with Crippen LogP contribution in [0.1, 0.15) is 42.4 Å². The number of aromatic nitrogens is 2. The lowest BCUT2D eigenvalue weighted by molar-refractivity contribution is 0.0928. The summed E-state index contributed by atoms with van der Waals surface area (Å²) in [5.41, 5.74) is 2.86. The summed E-state index contributed by atoms with van der Waals surface area (Å²) in [5.74, 6) is -0.0389. The van der Waals surface area contributed by atoms with E-state index in [1.165, 1.54) is 5.56 Å². The summed E-state index contributed by atoms with van der Waals surface area (Å²) < 4.78 is 1.93. The van der Waals surface area contributed by atoms with Crippen molar-refractivity contribution in [1.82, 2.24) is 20.0 Å². The van der Waals surface area contributed by atoms with E-state index in [4.69, 9.17) is 0 Å². The monoisotopic (exact) mass is 342 g/mol. The van der Waals surface area contributed by atoms with Gasteiger partial charge in [-0.25, -0.2) is 0 Å². The van der Waals surface area contributed by atoms with Crippen molar-refractivity contribution in [2.45, 2.75) is 33.7 Å². The molecule has 0 fully saturated rings. The largest absolute Gasteiger partial charge is 0.351 e. The van der Waals surface area contributed by atoms with Gasteiger partial charge < -0.3 is 10.2 Å². The highest BCUT2D eigenvalue weighted by Crippen LogP contribution is 2.16. The Kier molecular flexibility index (Phi) is 6.37. The number of hydrogen-bond donors (Lipinski definition) is 1. The fourth-order valence-corrected chi connectivity index (χ4v) is 3.19. The van der Waals surface area contributed by atoms with Gasteiger partial charge in [0.2, 0.25) is 0 Å². The Bertz CT molecular complexity index is 689. The zero-order valence-electron chi connectivity index (χ0n) is 16.0. The van der Waals surface area contributed by atoms with E-state index in [9.17, 15) is 4.79 Å². The van der Waals surface area contributed by atoms with Crippen LogP contribution in [0.4, 0.5) is 0 Å². The molecule has 0 unspecified atom stereocenters. The fraction of sp³-hybridized carbons (Fsp3) is 0.500. The maximum Gasteiger partial charge on any atom is 0.254 e. The molecule has 2 aromatic rings. The highest BCUT2D eigenvalue weighted by Gasteiger charge is 2.22. The van der Waals surface area contributed by atoms with Crippen molar-refractivity contribution in [3.8, 4) is 0 Å². The van der Waals surface area contributed by atoms with E-state index >= 15 is 0 Å². The molecule has 5 nitrogen and oxygen atoms in total. The Morgan fingerprint density at radius 1 is 1.24 bits per heavy atom. The third kappa shape index (κ3) is 5.43. The van der Waals surface area contributed by atoms with Gasteiger partial charge in [0, 0.05) is 13.1 Å². The molecule has 1 heterocycles. The Morgan fingerprint density at radius 3 is 2.52 bits per heavy atom. The molecule has 136 valence electrons. The van der Waals surface area contributed by atoms with Crippen molar-refractivity contribution in [2.24, 2.45) is 5.41 Å². The van der Waals surface area contributed by atoms with E-state index in [-0.39, 0.29) is 11.3 Å². The Hall–Kier alpha value is -2.14. The lowest BCUT2D eigenvalue weighted by Crippen LogP contribution is -2.40. The number of nitrogens with one attached hydrogen (secondary N) is 1. The van der Waals surface area contributed by atoms with E-state index in [0.29, 0.717) is 18.7 Å². The minimum absolute atomic E-state index is 0.0194. The molecule has 0 bridgehead atoms. The molecule has 2 rings (SSSR count). The standard InChI is InChI=1S/C20H30N4O/c1-6-18-17(19(25)21-14-20(2,3)15-23(4)5)12-22-24(18)13-16-10-8-7-9-11-16/h7-12H,6,13-15H2,1-5H3,(H,21,25). The molecule has 0 aliphatic heterocycles. The van der Waals surface area contributed by atoms with Gasteiger partial charge in [-0.1, -0.05) is 51.1 Å². The molecule has 0 saturated carbocycles. The third-order valence-corrected chi connectivity index (χ3v) is 4.18. The van der Waals surface area contributed by atoms with Crippen molar-refractivity contribution < 1.29 is 4.79 Å². The summed E-state index contributed by atoms with van der Waals surface area (Å²) in [6.45, 7) is 8.62. The van der Waals surface area contributed by atoms with Crippen LogP contribution in [-0.4, -0.2) is 47.8 Å². The number of nitrogens with zero attached hydrogens (tertiary/aromatic N) is 3. The summed E-state index contributed by atoms with van der Waals surface area (Å²) in [7, 11) is 4.10. The summed E-state index contributed by atoms with van der Waals surface area (Å²) in [5, 5.41) is 7.52. The van der Waals surface area contributed by atoms with Crippen LogP contribution >= 0.6 is 0 Å². The van der Waals surface area contributed by atoms with Crippen LogP contribution in [0.2, 0.25) is 0 Å². The predicted octanol–water partition coefficient (Wildman–Crippen LogP) is 2.81. The number of hydrogen-bond acceptors (Lipinski definition) is 3. The van der Waals surface area contributed by atoms with Crippen LogP contribution in [0.15, 0.2) is 36.5 Å². The van der Waals surface area contributed by atoms with Gasteiger partial charge in [0.25, 0.3) is 5.91 Å². The van der Waals surface area contributed by atoms with Crippen LogP contribution < -0.4 is 5.32 Å². The van der Waals surface area contributed by atoms with Gasteiger partial charge in [-0.15, -0.1) is 0 Å². The number of rotatable bonds is 8. The second-order valence-electron chi connectivity index (χ2n) is 7.59. The zero-order valence-corrected chi connectivity index (χ0v) is 16.0. The molecular weight excluding hydrogens is 312 g/mol. The van der Waals surface area contributed by atoms with E-state index in [0.717, 1.165) is 18.7 Å².